The number of benzene rings is 1. The van der Waals surface area contributed by atoms with E-state index in [1.54, 1.807) is 11.8 Å². The fourth-order valence-corrected chi connectivity index (χ4v) is 3.06. The highest BCUT2D eigenvalue weighted by molar-refractivity contribution is 5.77. The fourth-order valence-electron chi connectivity index (χ4n) is 3.06. The van der Waals surface area contributed by atoms with Crippen molar-refractivity contribution in [3.63, 3.8) is 0 Å². The summed E-state index contributed by atoms with van der Waals surface area (Å²) in [7, 11) is 1.66. The summed E-state index contributed by atoms with van der Waals surface area (Å²) in [6.45, 7) is 5.15. The van der Waals surface area contributed by atoms with E-state index in [0.717, 1.165) is 24.5 Å². The topological polar surface area (TPSA) is 73.1 Å². The highest BCUT2D eigenvalue weighted by Crippen LogP contribution is 2.32. The van der Waals surface area contributed by atoms with E-state index in [1.807, 2.05) is 24.0 Å². The third-order valence-corrected chi connectivity index (χ3v) is 4.46. The van der Waals surface area contributed by atoms with Crippen molar-refractivity contribution in [3.8, 4) is 5.75 Å². The van der Waals surface area contributed by atoms with Crippen molar-refractivity contribution >= 4 is 5.91 Å². The molecule has 0 bridgehead atoms. The van der Waals surface area contributed by atoms with Gasteiger partial charge in [-0.1, -0.05) is 6.07 Å². The van der Waals surface area contributed by atoms with E-state index in [-0.39, 0.29) is 11.9 Å². The van der Waals surface area contributed by atoms with Crippen molar-refractivity contribution in [2.75, 3.05) is 13.7 Å². The second-order valence-corrected chi connectivity index (χ2v) is 5.78. The molecule has 2 heterocycles. The van der Waals surface area contributed by atoms with Gasteiger partial charge in [-0.2, -0.15) is 0 Å². The molecule has 0 aliphatic carbocycles. The molecule has 2 aromatic rings. The number of tetrazole rings is 1. The summed E-state index contributed by atoms with van der Waals surface area (Å²) >= 11 is 0. The standard InChI is InChI=1S/C16H21N5O2/c1-11-15-10-14(23-3)5-4-13(15)6-8-20(11)16(22)7-9-21-12(2)17-18-19-21/h4-5,10-11H,6-9H2,1-3H3/t11-/m1/s1. The number of carbonyl (C=O) groups is 1. The third kappa shape index (κ3) is 3.04. The summed E-state index contributed by atoms with van der Waals surface area (Å²) in [5.41, 5.74) is 2.46. The van der Waals surface area contributed by atoms with Gasteiger partial charge in [0.2, 0.25) is 5.91 Å². The normalized spacial score (nSPS) is 17.0. The van der Waals surface area contributed by atoms with Gasteiger partial charge in [-0.3, -0.25) is 4.79 Å². The number of aromatic nitrogens is 4. The molecule has 3 rings (SSSR count). The Balaban J connectivity index is 1.71. The Bertz CT molecular complexity index is 712. The molecule has 7 heteroatoms. The van der Waals surface area contributed by atoms with Crippen LogP contribution >= 0.6 is 0 Å². The minimum Gasteiger partial charge on any atom is -0.497 e. The van der Waals surface area contributed by atoms with Gasteiger partial charge in [0.15, 0.2) is 0 Å². The summed E-state index contributed by atoms with van der Waals surface area (Å²) in [5.74, 6) is 1.68. The molecule has 1 aromatic heterocycles. The third-order valence-electron chi connectivity index (χ3n) is 4.46. The Morgan fingerprint density at radius 1 is 1.43 bits per heavy atom. The fraction of sp³-hybridized carbons (Fsp3) is 0.500. The van der Waals surface area contributed by atoms with Crippen LogP contribution in [0.5, 0.6) is 5.75 Å². The van der Waals surface area contributed by atoms with Crippen LogP contribution in [0.2, 0.25) is 0 Å². The Morgan fingerprint density at radius 3 is 2.96 bits per heavy atom. The number of nitrogens with zero attached hydrogens (tertiary/aromatic N) is 5. The van der Waals surface area contributed by atoms with Gasteiger partial charge >= 0.3 is 0 Å². The second-order valence-electron chi connectivity index (χ2n) is 5.78. The monoisotopic (exact) mass is 315 g/mol. The molecule has 1 aliphatic heterocycles. The summed E-state index contributed by atoms with van der Waals surface area (Å²) in [4.78, 5) is 14.5. The van der Waals surface area contributed by atoms with Crippen LogP contribution in [0.3, 0.4) is 0 Å². The predicted molar refractivity (Wildman–Crippen MR) is 84.0 cm³/mol. The highest BCUT2D eigenvalue weighted by Gasteiger charge is 2.27. The van der Waals surface area contributed by atoms with E-state index in [9.17, 15) is 4.79 Å². The van der Waals surface area contributed by atoms with Gasteiger partial charge in [0.1, 0.15) is 11.6 Å². The molecule has 0 saturated carbocycles. The molecule has 0 N–H and O–H groups in total. The van der Waals surface area contributed by atoms with E-state index in [1.165, 1.54) is 11.1 Å². The quantitative estimate of drug-likeness (QED) is 0.855. The van der Waals surface area contributed by atoms with E-state index in [2.05, 4.69) is 28.5 Å². The van der Waals surface area contributed by atoms with Crippen molar-refractivity contribution in [1.82, 2.24) is 25.1 Å². The molecular formula is C16H21N5O2. The first-order valence-electron chi connectivity index (χ1n) is 7.79. The molecule has 0 unspecified atom stereocenters. The molecule has 1 atom stereocenters. The van der Waals surface area contributed by atoms with Crippen molar-refractivity contribution in [2.45, 2.75) is 39.3 Å². The summed E-state index contributed by atoms with van der Waals surface area (Å²) in [6.07, 6.45) is 1.27. The van der Waals surface area contributed by atoms with Crippen LogP contribution in [0, 0.1) is 6.92 Å². The predicted octanol–water partition coefficient (Wildman–Crippen LogP) is 1.53. The number of hydrogen-bond donors (Lipinski definition) is 0. The van der Waals surface area contributed by atoms with Gasteiger partial charge in [-0.25, -0.2) is 4.68 Å². The van der Waals surface area contributed by atoms with Gasteiger partial charge in [0, 0.05) is 13.0 Å². The maximum atomic E-state index is 12.6. The number of fused-ring (bicyclic) bond motifs is 1. The number of rotatable bonds is 4. The maximum absolute atomic E-state index is 12.6. The number of ether oxygens (including phenoxy) is 1. The van der Waals surface area contributed by atoms with Crippen molar-refractivity contribution in [2.24, 2.45) is 0 Å². The Morgan fingerprint density at radius 2 is 2.26 bits per heavy atom. The molecule has 7 nitrogen and oxygen atoms in total. The average Bonchev–Trinajstić information content (AvgIpc) is 2.98. The van der Waals surface area contributed by atoms with E-state index >= 15 is 0 Å². The van der Waals surface area contributed by atoms with E-state index in [4.69, 9.17) is 4.74 Å². The van der Waals surface area contributed by atoms with Crippen LogP contribution in [0.4, 0.5) is 0 Å². The van der Waals surface area contributed by atoms with Crippen LogP contribution in [-0.2, 0) is 17.8 Å². The lowest BCUT2D eigenvalue weighted by atomic mass is 9.93. The number of aryl methyl sites for hydroxylation is 2. The minimum absolute atomic E-state index is 0.0521. The summed E-state index contributed by atoms with van der Waals surface area (Å²) < 4.78 is 6.96. The van der Waals surface area contributed by atoms with Crippen LogP contribution < -0.4 is 4.74 Å². The van der Waals surface area contributed by atoms with E-state index < -0.39 is 0 Å². The number of hydrogen-bond acceptors (Lipinski definition) is 5. The summed E-state index contributed by atoms with van der Waals surface area (Å²) in [6, 6.07) is 6.15. The zero-order chi connectivity index (χ0) is 16.4. The van der Waals surface area contributed by atoms with Crippen molar-refractivity contribution in [3.05, 3.63) is 35.2 Å². The van der Waals surface area contributed by atoms with Crippen LogP contribution in [-0.4, -0.2) is 44.7 Å². The zero-order valence-electron chi connectivity index (χ0n) is 13.7. The first-order valence-corrected chi connectivity index (χ1v) is 7.79. The highest BCUT2D eigenvalue weighted by atomic mass is 16.5. The van der Waals surface area contributed by atoms with Crippen LogP contribution in [0.15, 0.2) is 18.2 Å². The minimum atomic E-state index is 0.0521. The molecule has 1 aliphatic rings. The molecule has 0 saturated heterocycles. The van der Waals surface area contributed by atoms with Gasteiger partial charge in [0.05, 0.1) is 19.7 Å². The smallest absolute Gasteiger partial charge is 0.224 e. The number of carbonyl (C=O) groups excluding carboxylic acids is 1. The Kier molecular flexibility index (Phi) is 4.27. The molecule has 1 amide bonds. The van der Waals surface area contributed by atoms with Gasteiger partial charge in [0.25, 0.3) is 0 Å². The van der Waals surface area contributed by atoms with Crippen molar-refractivity contribution < 1.29 is 9.53 Å². The molecule has 23 heavy (non-hydrogen) atoms. The lowest BCUT2D eigenvalue weighted by molar-refractivity contribution is -0.134. The molecule has 0 radical (unpaired) electrons. The lowest BCUT2D eigenvalue weighted by Gasteiger charge is -2.35. The molecule has 1 aromatic carbocycles. The van der Waals surface area contributed by atoms with Gasteiger partial charge < -0.3 is 9.64 Å². The number of methoxy groups -OCH3 is 1. The molecule has 122 valence electrons. The Labute approximate surface area is 135 Å². The number of amides is 1. The largest absolute Gasteiger partial charge is 0.497 e. The first-order chi connectivity index (χ1) is 11.1. The summed E-state index contributed by atoms with van der Waals surface area (Å²) in [5, 5.41) is 11.3. The van der Waals surface area contributed by atoms with E-state index in [0.29, 0.717) is 13.0 Å². The van der Waals surface area contributed by atoms with Crippen molar-refractivity contribution in [1.29, 1.82) is 0 Å². The molecule has 0 spiro atoms. The first kappa shape index (κ1) is 15.5. The Hall–Kier alpha value is -2.44. The molecular weight excluding hydrogens is 294 g/mol. The maximum Gasteiger partial charge on any atom is 0.224 e. The lowest BCUT2D eigenvalue weighted by Crippen LogP contribution is -2.39. The van der Waals surface area contributed by atoms with Crippen LogP contribution in [0.1, 0.15) is 36.3 Å². The second kappa shape index (κ2) is 6.36. The SMILES string of the molecule is COc1ccc2c(c1)[C@@H](C)N(C(=O)CCn1nnnc1C)CC2. The van der Waals surface area contributed by atoms with Gasteiger partial charge in [-0.05, 0) is 54.0 Å². The van der Waals surface area contributed by atoms with Crippen LogP contribution in [0.25, 0.3) is 0 Å². The average molecular weight is 315 g/mol. The van der Waals surface area contributed by atoms with Gasteiger partial charge in [-0.15, -0.1) is 5.10 Å². The zero-order valence-corrected chi connectivity index (χ0v) is 13.7. The molecule has 0 fully saturated rings.